The molecule has 0 bridgehead atoms. The fourth-order valence-electron chi connectivity index (χ4n) is 11.9. The van der Waals surface area contributed by atoms with Gasteiger partial charge in [-0.1, -0.05) is 312 Å². The van der Waals surface area contributed by atoms with Crippen LogP contribution in [0.1, 0.15) is 130 Å². The second-order valence-electron chi connectivity index (χ2n) is 24.1. The van der Waals surface area contributed by atoms with Crippen LogP contribution in [-0.2, 0) is 108 Å². The van der Waals surface area contributed by atoms with Crippen molar-refractivity contribution < 1.29 is 61.6 Å². The second kappa shape index (κ2) is 40.6. The Morgan fingerprint density at radius 3 is 1.27 bits per heavy atom. The van der Waals surface area contributed by atoms with E-state index < -0.39 is 70.8 Å². The van der Waals surface area contributed by atoms with Gasteiger partial charge in [0.1, 0.15) is 52.8 Å². The quantitative estimate of drug-likeness (QED) is 0.0156. The molecule has 93 heavy (non-hydrogen) atoms. The minimum atomic E-state index is -2.30. The molecule has 498 valence electrons. The highest BCUT2D eigenvalue weighted by Gasteiger charge is 2.66. The van der Waals surface area contributed by atoms with Crippen LogP contribution in [0.2, 0.25) is 0 Å². The first-order valence-electron chi connectivity index (χ1n) is 33.9. The normalized spacial score (nSPS) is 22.5. The molecule has 2 aliphatic heterocycles. The molecular weight excluding hydrogens is 1280 g/mol. The highest BCUT2D eigenvalue weighted by atomic mass is 127. The van der Waals surface area contributed by atoms with E-state index in [9.17, 15) is 0 Å². The van der Waals surface area contributed by atoms with Crippen molar-refractivity contribution in [1.82, 2.24) is 0 Å². The summed E-state index contributed by atoms with van der Waals surface area (Å²) in [6, 6.07) is 69.8. The number of rotatable bonds is 42. The Morgan fingerprint density at radius 1 is 0.430 bits per heavy atom. The second-order valence-corrected chi connectivity index (χ2v) is 25.5. The van der Waals surface area contributed by atoms with E-state index in [0.717, 1.165) is 58.2 Å². The Bertz CT molecular complexity index is 3070. The van der Waals surface area contributed by atoms with E-state index in [-0.39, 0.29) is 59.5 Å². The average molecular weight is 1380 g/mol. The maximum Gasteiger partial charge on any atom is 0.368 e. The lowest BCUT2D eigenvalue weighted by Gasteiger charge is -2.54. The van der Waals surface area contributed by atoms with Gasteiger partial charge in [0.05, 0.1) is 66.1 Å². The van der Waals surface area contributed by atoms with Gasteiger partial charge in [-0.15, -0.1) is 0 Å². The van der Waals surface area contributed by atoms with Crippen LogP contribution in [0.4, 0.5) is 0 Å². The summed E-state index contributed by atoms with van der Waals surface area (Å²) in [5.74, 6) is -3.08. The molecule has 2 saturated heterocycles. The maximum atomic E-state index is 16.1. The van der Waals surface area contributed by atoms with E-state index in [1.165, 1.54) is 57.8 Å². The van der Waals surface area contributed by atoms with E-state index in [0.29, 0.717) is 13.2 Å². The Labute approximate surface area is 566 Å². The number of carbonyl (C=O) groups excluding carboxylic acids is 1. The first-order valence-corrected chi connectivity index (χ1v) is 35.1. The summed E-state index contributed by atoms with van der Waals surface area (Å²) < 4.78 is 84.5. The van der Waals surface area contributed by atoms with Crippen LogP contribution < -0.4 is 0 Å². The van der Waals surface area contributed by atoms with Gasteiger partial charge in [0.2, 0.25) is 0 Å². The summed E-state index contributed by atoms with van der Waals surface area (Å²) in [5, 5.41) is 0. The van der Waals surface area contributed by atoms with Crippen LogP contribution in [0.3, 0.4) is 0 Å². The highest BCUT2D eigenvalue weighted by Crippen LogP contribution is 2.45. The zero-order valence-corrected chi connectivity index (χ0v) is 56.6. The summed E-state index contributed by atoms with van der Waals surface area (Å²) in [4.78, 5) is 16.1. The Morgan fingerprint density at radius 2 is 0.817 bits per heavy atom. The van der Waals surface area contributed by atoms with Gasteiger partial charge in [0.25, 0.3) is 5.79 Å². The number of halogens is 1. The van der Waals surface area contributed by atoms with Gasteiger partial charge in [0, 0.05) is 6.61 Å². The molecule has 0 aromatic heterocycles. The van der Waals surface area contributed by atoms with E-state index in [1.807, 2.05) is 212 Å². The van der Waals surface area contributed by atoms with Crippen molar-refractivity contribution in [2.45, 2.75) is 202 Å². The van der Waals surface area contributed by atoms with Crippen LogP contribution in [0, 0.1) is 0 Å². The molecule has 0 spiro atoms. The summed E-state index contributed by atoms with van der Waals surface area (Å²) in [6.07, 6.45) is 5.46. The lowest BCUT2D eigenvalue weighted by molar-refractivity contribution is -0.385. The van der Waals surface area contributed by atoms with Crippen LogP contribution in [0.25, 0.3) is 0 Å². The largest absolute Gasteiger partial charge is 0.462 e. The lowest BCUT2D eigenvalue weighted by atomic mass is 9.90. The molecule has 0 saturated carbocycles. The van der Waals surface area contributed by atoms with Crippen molar-refractivity contribution in [3.63, 3.8) is 0 Å². The number of esters is 1. The number of benzene rings is 7. The van der Waals surface area contributed by atoms with E-state index in [4.69, 9.17) is 56.8 Å². The summed E-state index contributed by atoms with van der Waals surface area (Å²) >= 11 is 2.27. The van der Waals surface area contributed by atoms with Crippen LogP contribution in [-0.4, -0.2) is 97.2 Å². The number of unbranched alkanes of at least 4 members (excludes halogenated alkanes) is 11. The Hall–Kier alpha value is -5.70. The number of carbonyl (C=O) groups is 1. The van der Waals surface area contributed by atoms with E-state index in [1.54, 1.807) is 6.92 Å². The predicted octanol–water partition coefficient (Wildman–Crippen LogP) is 16.6. The fraction of sp³-hybridized carbons (Fsp3) is 0.456. The molecule has 2 heterocycles. The standard InChI is InChI=1S/C79H97IO13/c1-3-5-6-7-8-9-10-11-12-13-14-36-51-85-77-75(90-58-67-49-34-21-35-50-67)73(70(87-55-64-43-28-18-29-44-64)69(91-77)60-83-53-62-39-24-16-25-40-62)93-79(78(81)84-4-2)76(80)74(89-57-66-47-32-20-33-48-66)72(88-56-65-45-30-19-31-46-65)71(92-79)68(86-54-63-41-26-17-27-42-63)59-82-52-61-37-22-15-23-38-61/h15-35,37-50,68-77H,3-14,36,51-60H2,1-2H3/t68-,69-,70+,71-,72+,73+,74+,75-,76+,77-,79+/m1/s1. The molecular formula is C79H97IO13. The molecule has 0 N–H and O–H groups in total. The monoisotopic (exact) mass is 1380 g/mol. The van der Waals surface area contributed by atoms with Gasteiger partial charge in [-0.3, -0.25) is 0 Å². The third-order valence-corrected chi connectivity index (χ3v) is 18.5. The van der Waals surface area contributed by atoms with Crippen molar-refractivity contribution in [3.05, 3.63) is 251 Å². The van der Waals surface area contributed by atoms with Crippen molar-refractivity contribution in [1.29, 1.82) is 0 Å². The minimum absolute atomic E-state index is 0.00465. The fourth-order valence-corrected chi connectivity index (χ4v) is 13.1. The zero-order chi connectivity index (χ0) is 64.4. The van der Waals surface area contributed by atoms with Crippen LogP contribution >= 0.6 is 22.6 Å². The van der Waals surface area contributed by atoms with Crippen molar-refractivity contribution >= 4 is 28.6 Å². The molecule has 14 heteroatoms. The van der Waals surface area contributed by atoms with Crippen molar-refractivity contribution in [2.24, 2.45) is 0 Å². The van der Waals surface area contributed by atoms with Crippen LogP contribution in [0.5, 0.6) is 0 Å². The number of alkyl halides is 1. The Kier molecular flexibility index (Phi) is 31.3. The molecule has 7 aromatic rings. The van der Waals surface area contributed by atoms with Gasteiger partial charge in [-0.25, -0.2) is 4.79 Å². The third-order valence-electron chi connectivity index (χ3n) is 17.0. The molecule has 0 unspecified atom stereocenters. The number of hydrogen-bond donors (Lipinski definition) is 0. The highest BCUT2D eigenvalue weighted by molar-refractivity contribution is 14.1. The maximum absolute atomic E-state index is 16.1. The van der Waals surface area contributed by atoms with Crippen molar-refractivity contribution in [2.75, 3.05) is 26.4 Å². The third kappa shape index (κ3) is 23.0. The van der Waals surface area contributed by atoms with Crippen LogP contribution in [0.15, 0.2) is 212 Å². The van der Waals surface area contributed by atoms with Gasteiger partial charge >= 0.3 is 5.97 Å². The predicted molar refractivity (Wildman–Crippen MR) is 370 cm³/mol. The molecule has 2 fully saturated rings. The minimum Gasteiger partial charge on any atom is -0.462 e. The molecule has 11 atom stereocenters. The molecule has 0 amide bonds. The first kappa shape index (κ1) is 71.6. The first-order chi connectivity index (χ1) is 45.9. The summed E-state index contributed by atoms with van der Waals surface area (Å²) in [6.45, 7) is 5.87. The van der Waals surface area contributed by atoms with E-state index in [2.05, 4.69) is 29.5 Å². The zero-order valence-electron chi connectivity index (χ0n) is 54.4. The van der Waals surface area contributed by atoms with Crippen molar-refractivity contribution in [3.8, 4) is 0 Å². The Balaban J connectivity index is 1.14. The van der Waals surface area contributed by atoms with Gasteiger partial charge in [0.15, 0.2) is 6.29 Å². The topological polar surface area (TPSA) is 128 Å². The SMILES string of the molecule is CCCCCCCCCCCCCCO[C@@H]1O[C@H](COCc2ccccc2)[C@H](OCc2ccccc2)[C@H](O[C@@]2(C(=O)OCC)O[C@H]([C@@H](COCc3ccccc3)OCc3ccccc3)[C@H](OCc3ccccc3)[C@H](OCc3ccccc3)[C@@H]2I)[C@H]1OCc1ccccc1. The van der Waals surface area contributed by atoms with Gasteiger partial charge < -0.3 is 56.8 Å². The summed E-state index contributed by atoms with van der Waals surface area (Å²) in [5.41, 5.74) is 6.55. The van der Waals surface area contributed by atoms with Gasteiger partial charge in [-0.2, -0.15) is 0 Å². The molecule has 2 aliphatic rings. The molecule has 13 nitrogen and oxygen atoms in total. The number of ether oxygens (including phenoxy) is 12. The van der Waals surface area contributed by atoms with E-state index >= 15 is 4.79 Å². The number of hydrogen-bond acceptors (Lipinski definition) is 13. The molecule has 9 rings (SSSR count). The molecule has 0 aliphatic carbocycles. The average Bonchev–Trinajstić information content (AvgIpc) is 0.756. The smallest absolute Gasteiger partial charge is 0.368 e. The van der Waals surface area contributed by atoms with Gasteiger partial charge in [-0.05, 0) is 52.3 Å². The molecule has 7 aromatic carbocycles. The summed E-state index contributed by atoms with van der Waals surface area (Å²) in [7, 11) is 0. The lowest BCUT2D eigenvalue weighted by Crippen LogP contribution is -2.73. The molecule has 0 radical (unpaired) electrons.